The Balaban J connectivity index is 2.21. The van der Waals surface area contributed by atoms with Gasteiger partial charge < -0.3 is 10.4 Å². The number of aliphatic carboxylic acids is 1. The second kappa shape index (κ2) is 5.85. The average molecular weight is 257 g/mol. The molecule has 0 aliphatic heterocycles. The second-order valence-electron chi connectivity index (χ2n) is 4.96. The first kappa shape index (κ1) is 13.6. The number of fused-ring (bicyclic) bond motifs is 1. The molecular formula is C16H19NO2. The maximum atomic E-state index is 10.7. The summed E-state index contributed by atoms with van der Waals surface area (Å²) in [6, 6.07) is 14.5. The first-order valence-corrected chi connectivity index (χ1v) is 6.53. The predicted molar refractivity (Wildman–Crippen MR) is 77.2 cm³/mol. The molecular weight excluding hydrogens is 238 g/mol. The highest BCUT2D eigenvalue weighted by Gasteiger charge is 2.13. The number of nitrogens with one attached hydrogen (secondary N) is 1. The molecule has 2 atom stereocenters. The van der Waals surface area contributed by atoms with E-state index in [0.29, 0.717) is 0 Å². The molecule has 19 heavy (non-hydrogen) atoms. The molecule has 0 saturated heterocycles. The summed E-state index contributed by atoms with van der Waals surface area (Å²) in [7, 11) is 0. The summed E-state index contributed by atoms with van der Waals surface area (Å²) in [6.45, 7) is 3.97. The molecule has 0 aliphatic carbocycles. The molecule has 3 heteroatoms. The van der Waals surface area contributed by atoms with E-state index in [1.807, 2.05) is 25.1 Å². The van der Waals surface area contributed by atoms with Crippen molar-refractivity contribution >= 4 is 16.7 Å². The van der Waals surface area contributed by atoms with Gasteiger partial charge in [-0.1, -0.05) is 42.5 Å². The monoisotopic (exact) mass is 257 g/mol. The second-order valence-corrected chi connectivity index (χ2v) is 4.96. The van der Waals surface area contributed by atoms with E-state index in [1.54, 1.807) is 0 Å². The Kier molecular flexibility index (Phi) is 4.17. The van der Waals surface area contributed by atoms with Crippen LogP contribution in [0.5, 0.6) is 0 Å². The lowest BCUT2D eigenvalue weighted by atomic mass is 9.99. The molecule has 2 rings (SSSR count). The summed E-state index contributed by atoms with van der Waals surface area (Å²) in [6.07, 6.45) is 0.134. The Bertz CT molecular complexity index is 574. The van der Waals surface area contributed by atoms with Crippen LogP contribution in [0.25, 0.3) is 10.8 Å². The smallest absolute Gasteiger partial charge is 0.304 e. The number of hydrogen-bond acceptors (Lipinski definition) is 2. The van der Waals surface area contributed by atoms with Crippen LogP contribution >= 0.6 is 0 Å². The van der Waals surface area contributed by atoms with Crippen molar-refractivity contribution < 1.29 is 9.90 Å². The van der Waals surface area contributed by atoms with Crippen molar-refractivity contribution in [2.75, 3.05) is 0 Å². The van der Waals surface area contributed by atoms with Crippen LogP contribution in [0.4, 0.5) is 0 Å². The highest BCUT2D eigenvalue weighted by Crippen LogP contribution is 2.24. The lowest BCUT2D eigenvalue weighted by Gasteiger charge is -2.20. The normalized spacial score (nSPS) is 14.2. The van der Waals surface area contributed by atoms with Gasteiger partial charge in [0.2, 0.25) is 0 Å². The maximum absolute atomic E-state index is 10.7. The van der Waals surface area contributed by atoms with E-state index in [1.165, 1.54) is 16.3 Å². The number of carboxylic acid groups (broad SMARTS) is 1. The standard InChI is InChI=1S/C16H19NO2/c1-11(10-16(18)19)17-12(2)14-9-5-7-13-6-3-4-8-15(13)14/h3-9,11-12,17H,10H2,1-2H3,(H,18,19). The first-order chi connectivity index (χ1) is 9.08. The first-order valence-electron chi connectivity index (χ1n) is 6.53. The molecule has 0 radical (unpaired) electrons. The maximum Gasteiger partial charge on any atom is 0.304 e. The summed E-state index contributed by atoms with van der Waals surface area (Å²) in [5.41, 5.74) is 1.20. The molecule has 100 valence electrons. The SMILES string of the molecule is CC(CC(=O)O)NC(C)c1cccc2ccccc12. The summed E-state index contributed by atoms with van der Waals surface area (Å²) in [4.78, 5) is 10.7. The molecule has 2 unspecified atom stereocenters. The van der Waals surface area contributed by atoms with E-state index in [-0.39, 0.29) is 18.5 Å². The quantitative estimate of drug-likeness (QED) is 0.863. The van der Waals surface area contributed by atoms with Crippen LogP contribution < -0.4 is 5.32 Å². The van der Waals surface area contributed by atoms with Crippen LogP contribution in [0, 0.1) is 0 Å². The third kappa shape index (κ3) is 3.32. The molecule has 2 N–H and O–H groups in total. The summed E-state index contributed by atoms with van der Waals surface area (Å²) < 4.78 is 0. The topological polar surface area (TPSA) is 49.3 Å². The van der Waals surface area contributed by atoms with Gasteiger partial charge in [-0.3, -0.25) is 4.79 Å². The zero-order valence-electron chi connectivity index (χ0n) is 11.3. The highest BCUT2D eigenvalue weighted by molar-refractivity contribution is 5.86. The zero-order valence-corrected chi connectivity index (χ0v) is 11.3. The van der Waals surface area contributed by atoms with Crippen molar-refractivity contribution in [1.29, 1.82) is 0 Å². The molecule has 0 saturated carbocycles. The van der Waals surface area contributed by atoms with E-state index in [9.17, 15) is 4.79 Å². The van der Waals surface area contributed by atoms with Crippen molar-refractivity contribution in [2.24, 2.45) is 0 Å². The molecule has 0 bridgehead atoms. The van der Waals surface area contributed by atoms with E-state index >= 15 is 0 Å². The number of benzene rings is 2. The number of hydrogen-bond donors (Lipinski definition) is 2. The van der Waals surface area contributed by atoms with Gasteiger partial charge in [0.25, 0.3) is 0 Å². The van der Waals surface area contributed by atoms with Crippen molar-refractivity contribution in [1.82, 2.24) is 5.32 Å². The Morgan fingerprint density at radius 2 is 1.84 bits per heavy atom. The Morgan fingerprint density at radius 1 is 1.16 bits per heavy atom. The Hall–Kier alpha value is -1.87. The summed E-state index contributed by atoms with van der Waals surface area (Å²) in [5, 5.41) is 14.6. The molecule has 3 nitrogen and oxygen atoms in total. The van der Waals surface area contributed by atoms with Crippen LogP contribution in [0.15, 0.2) is 42.5 Å². The van der Waals surface area contributed by atoms with Gasteiger partial charge in [-0.2, -0.15) is 0 Å². The predicted octanol–water partition coefficient (Wildman–Crippen LogP) is 3.35. The largest absolute Gasteiger partial charge is 0.481 e. The fourth-order valence-corrected chi connectivity index (χ4v) is 2.47. The number of carbonyl (C=O) groups is 1. The van der Waals surface area contributed by atoms with E-state index in [2.05, 4.69) is 36.5 Å². The van der Waals surface area contributed by atoms with Crippen molar-refractivity contribution in [3.8, 4) is 0 Å². The summed E-state index contributed by atoms with van der Waals surface area (Å²) in [5.74, 6) is -0.773. The molecule has 0 amide bonds. The van der Waals surface area contributed by atoms with Crippen LogP contribution in [0.1, 0.15) is 31.9 Å². The van der Waals surface area contributed by atoms with Crippen molar-refractivity contribution in [2.45, 2.75) is 32.4 Å². The minimum Gasteiger partial charge on any atom is -0.481 e. The third-order valence-corrected chi connectivity index (χ3v) is 3.31. The molecule has 0 aliphatic rings. The fraction of sp³-hybridized carbons (Fsp3) is 0.312. The molecule has 0 fully saturated rings. The lowest BCUT2D eigenvalue weighted by molar-refractivity contribution is -0.137. The van der Waals surface area contributed by atoms with E-state index < -0.39 is 5.97 Å². The fourth-order valence-electron chi connectivity index (χ4n) is 2.47. The van der Waals surface area contributed by atoms with Gasteiger partial charge in [0.1, 0.15) is 0 Å². The van der Waals surface area contributed by atoms with E-state index in [4.69, 9.17) is 5.11 Å². The molecule has 0 aromatic heterocycles. The molecule has 0 spiro atoms. The third-order valence-electron chi connectivity index (χ3n) is 3.31. The van der Waals surface area contributed by atoms with Crippen LogP contribution in [0.2, 0.25) is 0 Å². The average Bonchev–Trinajstić information content (AvgIpc) is 2.36. The lowest BCUT2D eigenvalue weighted by Crippen LogP contribution is -2.31. The van der Waals surface area contributed by atoms with Gasteiger partial charge in [-0.15, -0.1) is 0 Å². The highest BCUT2D eigenvalue weighted by atomic mass is 16.4. The molecule has 2 aromatic rings. The van der Waals surface area contributed by atoms with Gasteiger partial charge in [0, 0.05) is 12.1 Å². The van der Waals surface area contributed by atoms with Gasteiger partial charge in [0.15, 0.2) is 0 Å². The minimum atomic E-state index is -0.773. The number of rotatable bonds is 5. The molecule has 2 aromatic carbocycles. The Morgan fingerprint density at radius 3 is 2.58 bits per heavy atom. The van der Waals surface area contributed by atoms with Crippen molar-refractivity contribution in [3.05, 3.63) is 48.0 Å². The van der Waals surface area contributed by atoms with Gasteiger partial charge in [-0.25, -0.2) is 0 Å². The Labute approximate surface area is 113 Å². The van der Waals surface area contributed by atoms with Crippen LogP contribution in [-0.4, -0.2) is 17.1 Å². The van der Waals surface area contributed by atoms with E-state index in [0.717, 1.165) is 0 Å². The van der Waals surface area contributed by atoms with Crippen molar-refractivity contribution in [3.63, 3.8) is 0 Å². The van der Waals surface area contributed by atoms with Crippen LogP contribution in [0.3, 0.4) is 0 Å². The van der Waals surface area contributed by atoms with Gasteiger partial charge in [0.05, 0.1) is 6.42 Å². The van der Waals surface area contributed by atoms with Crippen LogP contribution in [-0.2, 0) is 4.79 Å². The molecule has 0 heterocycles. The van der Waals surface area contributed by atoms with Gasteiger partial charge >= 0.3 is 5.97 Å². The zero-order chi connectivity index (χ0) is 13.8. The number of carboxylic acids is 1. The van der Waals surface area contributed by atoms with Gasteiger partial charge in [-0.05, 0) is 30.2 Å². The minimum absolute atomic E-state index is 0.0496. The summed E-state index contributed by atoms with van der Waals surface area (Å²) >= 11 is 0.